The van der Waals surface area contributed by atoms with E-state index in [9.17, 15) is 4.79 Å². The summed E-state index contributed by atoms with van der Waals surface area (Å²) in [5, 5.41) is 9.04. The zero-order valence-electron chi connectivity index (χ0n) is 13.6. The number of nitrogens with zero attached hydrogens (tertiary/aromatic N) is 1. The molecule has 1 aliphatic rings. The lowest BCUT2D eigenvalue weighted by Gasteiger charge is -2.22. The molecule has 2 aromatic rings. The molecule has 0 amide bonds. The molecule has 3 rings (SSSR count). The topological polar surface area (TPSA) is 40.3 Å². The van der Waals surface area contributed by atoms with Crippen molar-refractivity contribution in [3.8, 4) is 0 Å². The highest BCUT2D eigenvalue weighted by molar-refractivity contribution is 5.94. The average Bonchev–Trinajstić information content (AvgIpc) is 2.75. The maximum atomic E-state index is 11.0. The second-order valence-electron chi connectivity index (χ2n) is 6.39. The summed E-state index contributed by atoms with van der Waals surface area (Å²) < 4.78 is 2.17. The lowest BCUT2D eigenvalue weighted by Crippen LogP contribution is -2.33. The van der Waals surface area contributed by atoms with Gasteiger partial charge in [0.15, 0.2) is 12.3 Å². The summed E-state index contributed by atoms with van der Waals surface area (Å²) in [6.45, 7) is 4.91. The summed E-state index contributed by atoms with van der Waals surface area (Å²) in [6.07, 6.45) is 1.06. The van der Waals surface area contributed by atoms with E-state index in [0.717, 1.165) is 12.1 Å². The van der Waals surface area contributed by atoms with Crippen molar-refractivity contribution >= 4 is 17.4 Å². The lowest BCUT2D eigenvalue weighted by atomic mass is 9.75. The Labute approximate surface area is 136 Å². The molecule has 0 aromatic heterocycles. The van der Waals surface area contributed by atoms with Crippen molar-refractivity contribution in [2.45, 2.75) is 32.1 Å². The van der Waals surface area contributed by atoms with Crippen LogP contribution in [0.3, 0.4) is 0 Å². The standard InChI is InChI=1S/C20H21NO2/c1-15-20(2,14-16-8-4-3-5-9-16)17-10-6-7-11-18(17)21(15)13-12-19(22)23/h3-11H,12-14H2,1-2H3/p+1. The van der Waals surface area contributed by atoms with E-state index < -0.39 is 5.97 Å². The van der Waals surface area contributed by atoms with Gasteiger partial charge >= 0.3 is 5.97 Å². The number of rotatable bonds is 5. The number of carbonyl (C=O) groups is 1. The summed E-state index contributed by atoms with van der Waals surface area (Å²) in [5.74, 6) is -0.757. The van der Waals surface area contributed by atoms with Crippen molar-refractivity contribution < 1.29 is 14.5 Å². The Morgan fingerprint density at radius 1 is 1.09 bits per heavy atom. The normalized spacial score (nSPS) is 19.7. The Hall–Kier alpha value is -2.42. The minimum atomic E-state index is -0.757. The van der Waals surface area contributed by atoms with Gasteiger partial charge in [-0.15, -0.1) is 0 Å². The fraction of sp³-hybridized carbons (Fsp3) is 0.300. The molecule has 0 saturated heterocycles. The zero-order valence-corrected chi connectivity index (χ0v) is 13.6. The molecule has 1 atom stereocenters. The highest BCUT2D eigenvalue weighted by Gasteiger charge is 2.46. The number of hydrogen-bond donors (Lipinski definition) is 1. The lowest BCUT2D eigenvalue weighted by molar-refractivity contribution is -0.438. The van der Waals surface area contributed by atoms with Gasteiger partial charge in [0.1, 0.15) is 6.42 Å². The molecular formula is C20H22NO2+. The Bertz CT molecular complexity index is 764. The van der Waals surface area contributed by atoms with Crippen LogP contribution in [0.4, 0.5) is 5.69 Å². The SMILES string of the molecule is CC1=[N+](CCC(=O)O)c2ccccc2C1(C)Cc1ccccc1. The Balaban J connectivity index is 2.03. The van der Waals surface area contributed by atoms with Crippen molar-refractivity contribution in [1.29, 1.82) is 0 Å². The molecule has 0 spiro atoms. The molecule has 0 radical (unpaired) electrons. The Kier molecular flexibility index (Phi) is 4.03. The summed E-state index contributed by atoms with van der Waals surface area (Å²) in [5.41, 5.74) is 4.85. The number of carboxylic acid groups (broad SMARTS) is 1. The van der Waals surface area contributed by atoms with Crippen molar-refractivity contribution in [1.82, 2.24) is 0 Å². The van der Waals surface area contributed by atoms with E-state index in [1.807, 2.05) is 12.1 Å². The fourth-order valence-corrected chi connectivity index (χ4v) is 3.57. The molecule has 0 bridgehead atoms. The minimum Gasteiger partial charge on any atom is -0.481 e. The van der Waals surface area contributed by atoms with Crippen LogP contribution in [0.15, 0.2) is 54.6 Å². The number of benzene rings is 2. The van der Waals surface area contributed by atoms with Crippen LogP contribution in [0.5, 0.6) is 0 Å². The van der Waals surface area contributed by atoms with Crippen LogP contribution >= 0.6 is 0 Å². The van der Waals surface area contributed by atoms with Crippen LogP contribution in [0.1, 0.15) is 31.4 Å². The number of hydrogen-bond acceptors (Lipinski definition) is 1. The Morgan fingerprint density at radius 3 is 2.43 bits per heavy atom. The molecule has 23 heavy (non-hydrogen) atoms. The molecule has 1 N–H and O–H groups in total. The highest BCUT2D eigenvalue weighted by Crippen LogP contribution is 2.41. The molecule has 0 aliphatic carbocycles. The first-order valence-electron chi connectivity index (χ1n) is 7.99. The van der Waals surface area contributed by atoms with Crippen LogP contribution in [0.25, 0.3) is 0 Å². The number of carboxylic acids is 1. The van der Waals surface area contributed by atoms with Gasteiger partial charge in [-0.2, -0.15) is 4.58 Å². The van der Waals surface area contributed by atoms with Crippen LogP contribution in [0.2, 0.25) is 0 Å². The van der Waals surface area contributed by atoms with Gasteiger partial charge in [-0.25, -0.2) is 0 Å². The maximum absolute atomic E-state index is 11.0. The van der Waals surface area contributed by atoms with E-state index in [1.165, 1.54) is 16.8 Å². The average molecular weight is 308 g/mol. The first-order chi connectivity index (χ1) is 11.0. The highest BCUT2D eigenvalue weighted by atomic mass is 16.4. The minimum absolute atomic E-state index is 0.101. The van der Waals surface area contributed by atoms with Crippen LogP contribution < -0.4 is 0 Å². The second-order valence-corrected chi connectivity index (χ2v) is 6.39. The summed E-state index contributed by atoms with van der Waals surface area (Å²) in [7, 11) is 0. The summed E-state index contributed by atoms with van der Waals surface area (Å²) in [4.78, 5) is 11.0. The number of fused-ring (bicyclic) bond motifs is 1. The molecule has 1 heterocycles. The third-order valence-corrected chi connectivity index (χ3v) is 4.94. The van der Waals surface area contributed by atoms with Crippen LogP contribution in [-0.2, 0) is 16.6 Å². The largest absolute Gasteiger partial charge is 0.481 e. The van der Waals surface area contributed by atoms with Gasteiger partial charge in [-0.1, -0.05) is 48.5 Å². The second kappa shape index (κ2) is 5.99. The van der Waals surface area contributed by atoms with E-state index in [0.29, 0.717) is 6.54 Å². The fourth-order valence-electron chi connectivity index (χ4n) is 3.57. The molecule has 3 heteroatoms. The van der Waals surface area contributed by atoms with E-state index in [4.69, 9.17) is 5.11 Å². The van der Waals surface area contributed by atoms with Crippen molar-refractivity contribution in [2.75, 3.05) is 6.54 Å². The summed E-state index contributed by atoms with van der Waals surface area (Å²) >= 11 is 0. The van der Waals surface area contributed by atoms with E-state index in [1.54, 1.807) is 0 Å². The molecule has 2 aromatic carbocycles. The van der Waals surface area contributed by atoms with Gasteiger partial charge in [-0.05, 0) is 18.9 Å². The van der Waals surface area contributed by atoms with Crippen LogP contribution in [-0.4, -0.2) is 27.9 Å². The van der Waals surface area contributed by atoms with E-state index in [2.05, 4.69) is 60.9 Å². The monoisotopic (exact) mass is 308 g/mol. The third-order valence-electron chi connectivity index (χ3n) is 4.94. The van der Waals surface area contributed by atoms with Gasteiger partial charge in [0, 0.05) is 18.6 Å². The van der Waals surface area contributed by atoms with Gasteiger partial charge in [0.05, 0.1) is 5.41 Å². The molecular weight excluding hydrogens is 286 g/mol. The van der Waals surface area contributed by atoms with Crippen molar-refractivity contribution in [3.05, 3.63) is 65.7 Å². The van der Waals surface area contributed by atoms with Crippen LogP contribution in [0, 0.1) is 0 Å². The first kappa shape index (κ1) is 15.5. The van der Waals surface area contributed by atoms with Gasteiger partial charge in [-0.3, -0.25) is 4.79 Å². The van der Waals surface area contributed by atoms with Gasteiger partial charge in [0.25, 0.3) is 0 Å². The quantitative estimate of drug-likeness (QED) is 0.854. The van der Waals surface area contributed by atoms with E-state index in [-0.39, 0.29) is 11.8 Å². The van der Waals surface area contributed by atoms with E-state index >= 15 is 0 Å². The van der Waals surface area contributed by atoms with Gasteiger partial charge in [0.2, 0.25) is 5.69 Å². The first-order valence-corrected chi connectivity index (χ1v) is 7.99. The number of aliphatic carboxylic acids is 1. The zero-order chi connectivity index (χ0) is 16.4. The Morgan fingerprint density at radius 2 is 1.74 bits per heavy atom. The molecule has 3 nitrogen and oxygen atoms in total. The molecule has 1 aliphatic heterocycles. The smallest absolute Gasteiger partial charge is 0.309 e. The maximum Gasteiger partial charge on any atom is 0.309 e. The molecule has 0 saturated carbocycles. The molecule has 1 unspecified atom stereocenters. The third kappa shape index (κ3) is 2.79. The predicted molar refractivity (Wildman–Crippen MR) is 91.7 cm³/mol. The van der Waals surface area contributed by atoms with Crippen molar-refractivity contribution in [2.24, 2.45) is 0 Å². The van der Waals surface area contributed by atoms with Gasteiger partial charge < -0.3 is 5.11 Å². The van der Waals surface area contributed by atoms with Crippen molar-refractivity contribution in [3.63, 3.8) is 0 Å². The molecule has 0 fully saturated rings. The predicted octanol–water partition coefficient (Wildman–Crippen LogP) is 3.78. The summed E-state index contributed by atoms with van der Waals surface area (Å²) in [6, 6.07) is 18.8. The molecule has 118 valence electrons. The number of para-hydroxylation sites is 1.